The highest BCUT2D eigenvalue weighted by molar-refractivity contribution is 7.98. The van der Waals surface area contributed by atoms with E-state index in [1.807, 2.05) is 42.7 Å². The van der Waals surface area contributed by atoms with E-state index in [9.17, 15) is 19.5 Å². The van der Waals surface area contributed by atoms with Crippen molar-refractivity contribution in [2.24, 2.45) is 0 Å². The number of thioether (sulfide) groups is 1. The Morgan fingerprint density at radius 2 is 1.69 bits per heavy atom. The van der Waals surface area contributed by atoms with Gasteiger partial charge < -0.3 is 24.9 Å². The number of furan rings is 1. The molecule has 182 valence electrons. The number of fused-ring (bicyclic) bond motifs is 3. The number of benzene rings is 2. The number of carbonyl (C=O) groups excluding carboxylic acids is 2. The molecule has 9 heteroatoms. The van der Waals surface area contributed by atoms with Gasteiger partial charge in [0.15, 0.2) is 5.76 Å². The van der Waals surface area contributed by atoms with Gasteiger partial charge in [-0.25, -0.2) is 9.59 Å². The molecule has 3 N–H and O–H groups in total. The van der Waals surface area contributed by atoms with E-state index in [0.29, 0.717) is 17.9 Å². The average molecular weight is 495 g/mol. The lowest BCUT2D eigenvalue weighted by atomic mass is 9.98. The molecule has 4 rings (SSSR count). The molecule has 1 heterocycles. The number of aliphatic carboxylic acids is 1. The smallest absolute Gasteiger partial charge is 0.407 e. The molecular formula is C26H26N2O6S. The van der Waals surface area contributed by atoms with Gasteiger partial charge >= 0.3 is 12.1 Å². The topological polar surface area (TPSA) is 118 Å². The average Bonchev–Trinajstić information content (AvgIpc) is 3.47. The normalized spacial score (nSPS) is 12.9. The van der Waals surface area contributed by atoms with E-state index in [2.05, 4.69) is 22.8 Å². The van der Waals surface area contributed by atoms with Gasteiger partial charge in [0, 0.05) is 5.92 Å². The highest BCUT2D eigenvalue weighted by atomic mass is 32.2. The van der Waals surface area contributed by atoms with Crippen LogP contribution in [0.3, 0.4) is 0 Å². The summed E-state index contributed by atoms with van der Waals surface area (Å²) in [5.74, 6) is -0.836. The Labute approximate surface area is 207 Å². The molecule has 1 atom stereocenters. The summed E-state index contributed by atoms with van der Waals surface area (Å²) in [4.78, 5) is 36.0. The first-order chi connectivity index (χ1) is 17.0. The van der Waals surface area contributed by atoms with E-state index >= 15 is 0 Å². The van der Waals surface area contributed by atoms with Crippen molar-refractivity contribution >= 4 is 29.7 Å². The summed E-state index contributed by atoms with van der Waals surface area (Å²) in [5, 5.41) is 14.4. The standard InChI is InChI=1S/C26H26N2O6S/c1-35-13-12-22(25(30)31)28-24(29)23-11-10-16(34-23)14-27-26(32)33-15-21-19-8-4-2-6-17(19)18-7-3-5-9-20(18)21/h2-11,21-22H,12-15H2,1H3,(H,27,32)(H,28,29)(H,30,31)/t22-/m1/s1. The van der Waals surface area contributed by atoms with Crippen molar-refractivity contribution in [2.75, 3.05) is 18.6 Å². The second-order valence-electron chi connectivity index (χ2n) is 8.09. The van der Waals surface area contributed by atoms with Crippen molar-refractivity contribution in [1.29, 1.82) is 0 Å². The van der Waals surface area contributed by atoms with Crippen LogP contribution in [-0.2, 0) is 16.1 Å². The maximum atomic E-state index is 12.3. The van der Waals surface area contributed by atoms with E-state index in [1.165, 1.54) is 17.8 Å². The molecule has 0 radical (unpaired) electrons. The zero-order valence-electron chi connectivity index (χ0n) is 19.2. The van der Waals surface area contributed by atoms with Gasteiger partial charge in [0.05, 0.1) is 6.54 Å². The van der Waals surface area contributed by atoms with Crippen molar-refractivity contribution in [3.63, 3.8) is 0 Å². The second kappa shape index (κ2) is 11.1. The van der Waals surface area contributed by atoms with Gasteiger partial charge in [0.2, 0.25) is 0 Å². The van der Waals surface area contributed by atoms with Crippen LogP contribution in [0.2, 0.25) is 0 Å². The molecule has 0 saturated carbocycles. The summed E-state index contributed by atoms with van der Waals surface area (Å²) >= 11 is 1.50. The number of carboxylic acids is 1. The highest BCUT2D eigenvalue weighted by Gasteiger charge is 2.29. The van der Waals surface area contributed by atoms with Crippen LogP contribution >= 0.6 is 11.8 Å². The first-order valence-corrected chi connectivity index (χ1v) is 12.6. The molecule has 0 bridgehead atoms. The van der Waals surface area contributed by atoms with Gasteiger partial charge in [-0.1, -0.05) is 48.5 Å². The highest BCUT2D eigenvalue weighted by Crippen LogP contribution is 2.44. The lowest BCUT2D eigenvalue weighted by molar-refractivity contribution is -0.139. The molecule has 0 spiro atoms. The third-order valence-electron chi connectivity index (χ3n) is 5.85. The van der Waals surface area contributed by atoms with E-state index < -0.39 is 24.0 Å². The predicted octanol–water partition coefficient (Wildman–Crippen LogP) is 4.25. The van der Waals surface area contributed by atoms with Gasteiger partial charge in [0.1, 0.15) is 18.4 Å². The molecule has 2 aromatic carbocycles. The van der Waals surface area contributed by atoms with Gasteiger partial charge in [-0.05, 0) is 52.8 Å². The third-order valence-corrected chi connectivity index (χ3v) is 6.49. The number of hydrogen-bond donors (Lipinski definition) is 3. The molecule has 1 aliphatic rings. The van der Waals surface area contributed by atoms with Crippen LogP contribution in [0.5, 0.6) is 0 Å². The maximum Gasteiger partial charge on any atom is 0.407 e. The summed E-state index contributed by atoms with van der Waals surface area (Å²) in [5.41, 5.74) is 4.55. The molecule has 0 aliphatic heterocycles. The molecule has 0 unspecified atom stereocenters. The molecule has 0 fully saturated rings. The van der Waals surface area contributed by atoms with Crippen LogP contribution in [0.4, 0.5) is 4.79 Å². The zero-order valence-corrected chi connectivity index (χ0v) is 20.0. The Balaban J connectivity index is 1.29. The van der Waals surface area contributed by atoms with Crippen LogP contribution < -0.4 is 10.6 Å². The van der Waals surface area contributed by atoms with Crippen molar-refractivity contribution in [3.05, 3.63) is 83.3 Å². The van der Waals surface area contributed by atoms with Crippen molar-refractivity contribution in [1.82, 2.24) is 10.6 Å². The largest absolute Gasteiger partial charge is 0.480 e. The summed E-state index contributed by atoms with van der Waals surface area (Å²) < 4.78 is 11.0. The number of hydrogen-bond acceptors (Lipinski definition) is 6. The molecule has 35 heavy (non-hydrogen) atoms. The second-order valence-corrected chi connectivity index (χ2v) is 9.08. The van der Waals surface area contributed by atoms with Crippen LogP contribution in [0.1, 0.15) is 39.8 Å². The lowest BCUT2D eigenvalue weighted by Crippen LogP contribution is -2.41. The molecular weight excluding hydrogens is 468 g/mol. The molecule has 1 aliphatic carbocycles. The van der Waals surface area contributed by atoms with E-state index in [1.54, 1.807) is 6.07 Å². The van der Waals surface area contributed by atoms with Crippen LogP contribution in [0.25, 0.3) is 11.1 Å². The number of carboxylic acid groups (broad SMARTS) is 1. The molecule has 8 nitrogen and oxygen atoms in total. The van der Waals surface area contributed by atoms with Crippen LogP contribution in [0, 0.1) is 0 Å². The molecule has 0 saturated heterocycles. The fraction of sp³-hybridized carbons (Fsp3) is 0.269. The summed E-state index contributed by atoms with van der Waals surface area (Å²) in [7, 11) is 0. The van der Waals surface area contributed by atoms with Crippen molar-refractivity contribution in [2.45, 2.75) is 24.9 Å². The lowest BCUT2D eigenvalue weighted by Gasteiger charge is -2.14. The maximum absolute atomic E-state index is 12.3. The number of rotatable bonds is 10. The van der Waals surface area contributed by atoms with Gasteiger partial charge in [0.25, 0.3) is 5.91 Å². The fourth-order valence-corrected chi connectivity index (χ4v) is 4.60. The summed E-state index contributed by atoms with van der Waals surface area (Å²) in [6.07, 6.45) is 1.57. The Morgan fingerprint density at radius 3 is 2.31 bits per heavy atom. The quantitative estimate of drug-likeness (QED) is 0.386. The Bertz CT molecular complexity index is 1180. The van der Waals surface area contributed by atoms with Gasteiger partial charge in [-0.3, -0.25) is 4.79 Å². The summed E-state index contributed by atoms with van der Waals surface area (Å²) in [6.45, 7) is 0.219. The van der Waals surface area contributed by atoms with E-state index in [4.69, 9.17) is 9.15 Å². The zero-order chi connectivity index (χ0) is 24.8. The SMILES string of the molecule is CSCC[C@@H](NC(=O)c1ccc(CNC(=O)OCC2c3ccccc3-c3ccccc32)o1)C(=O)O. The van der Waals surface area contributed by atoms with Crippen molar-refractivity contribution < 1.29 is 28.6 Å². The molecule has 2 amide bonds. The first kappa shape index (κ1) is 24.4. The fourth-order valence-electron chi connectivity index (χ4n) is 4.13. The van der Waals surface area contributed by atoms with E-state index in [-0.39, 0.29) is 24.8 Å². The Kier molecular flexibility index (Phi) is 7.77. The predicted molar refractivity (Wildman–Crippen MR) is 133 cm³/mol. The molecule has 1 aromatic heterocycles. The Hall–Kier alpha value is -3.72. The monoisotopic (exact) mass is 494 g/mol. The number of amides is 2. The van der Waals surface area contributed by atoms with E-state index in [0.717, 1.165) is 22.3 Å². The van der Waals surface area contributed by atoms with Crippen molar-refractivity contribution in [3.8, 4) is 11.1 Å². The first-order valence-electron chi connectivity index (χ1n) is 11.2. The third kappa shape index (κ3) is 5.68. The Morgan fingerprint density at radius 1 is 1.03 bits per heavy atom. The van der Waals surface area contributed by atoms with Gasteiger partial charge in [-0.2, -0.15) is 11.8 Å². The molecule has 3 aromatic rings. The minimum Gasteiger partial charge on any atom is -0.480 e. The van der Waals surface area contributed by atoms with Crippen LogP contribution in [-0.4, -0.2) is 47.7 Å². The minimum atomic E-state index is -1.10. The number of alkyl carbamates (subject to hydrolysis) is 1. The van der Waals surface area contributed by atoms with Crippen LogP contribution in [0.15, 0.2) is 65.1 Å². The number of ether oxygens (including phenoxy) is 1. The number of nitrogens with one attached hydrogen (secondary N) is 2. The number of carbonyl (C=O) groups is 3. The minimum absolute atomic E-state index is 0.0234. The summed E-state index contributed by atoms with van der Waals surface area (Å²) in [6, 6.07) is 18.2. The van der Waals surface area contributed by atoms with Gasteiger partial charge in [-0.15, -0.1) is 0 Å².